The van der Waals surface area contributed by atoms with E-state index in [1.54, 1.807) is 5.20 Å². The zero-order valence-electron chi connectivity index (χ0n) is 9.44. The van der Waals surface area contributed by atoms with Gasteiger partial charge in [-0.25, -0.2) is 0 Å². The molecule has 0 unspecified atom stereocenters. The summed E-state index contributed by atoms with van der Waals surface area (Å²) in [5, 5.41) is 1.59. The number of allylic oxidation sites excluding steroid dienone is 1. The fourth-order valence-electron chi connectivity index (χ4n) is 0.874. The maximum atomic E-state index is 2.39. The van der Waals surface area contributed by atoms with Gasteiger partial charge in [-0.3, -0.25) is 0 Å². The molecule has 0 amide bonds. The molecule has 0 aromatic heterocycles. The maximum absolute atomic E-state index is 2.39. The molecule has 0 N–H and O–H groups in total. The van der Waals surface area contributed by atoms with E-state index in [1.807, 2.05) is 0 Å². The van der Waals surface area contributed by atoms with Crippen molar-refractivity contribution in [1.29, 1.82) is 0 Å². The van der Waals surface area contributed by atoms with Gasteiger partial charge in [-0.2, -0.15) is 0 Å². The summed E-state index contributed by atoms with van der Waals surface area (Å²) in [4.78, 5) is 2.37. The molecular weight excluding hydrogens is 162 g/mol. The van der Waals surface area contributed by atoms with E-state index in [-0.39, 0.29) is 0 Å². The van der Waals surface area contributed by atoms with Gasteiger partial charge in [0.1, 0.15) is 0 Å². The molecule has 2 heteroatoms. The number of hydrogen-bond acceptors (Lipinski definition) is 1. The first-order chi connectivity index (χ1) is 5.41. The lowest BCUT2D eigenvalue weighted by atomic mass is 10.5. The summed E-state index contributed by atoms with van der Waals surface area (Å²) in [7, 11) is -1.04. The van der Waals surface area contributed by atoms with Gasteiger partial charge in [0.05, 0.1) is 8.07 Å². The first-order valence-corrected chi connectivity index (χ1v) is 8.34. The van der Waals surface area contributed by atoms with E-state index in [2.05, 4.69) is 51.5 Å². The van der Waals surface area contributed by atoms with Gasteiger partial charge in [0.25, 0.3) is 0 Å². The second-order valence-electron chi connectivity index (χ2n) is 4.28. The van der Waals surface area contributed by atoms with E-state index in [1.165, 1.54) is 0 Å². The molecule has 0 aromatic carbocycles. The van der Waals surface area contributed by atoms with Gasteiger partial charge in [-0.15, -0.1) is 0 Å². The summed E-state index contributed by atoms with van der Waals surface area (Å²) in [6.07, 6.45) is 2.34. The van der Waals surface area contributed by atoms with Crippen molar-refractivity contribution in [3.63, 3.8) is 0 Å². The number of rotatable bonds is 4. The summed E-state index contributed by atoms with van der Waals surface area (Å²) in [6.45, 7) is 16.1. The predicted octanol–water partition coefficient (Wildman–Crippen LogP) is 3.11. The van der Waals surface area contributed by atoms with E-state index < -0.39 is 8.07 Å². The summed E-state index contributed by atoms with van der Waals surface area (Å²) in [5.74, 6) is 0. The zero-order valence-corrected chi connectivity index (χ0v) is 10.4. The maximum Gasteiger partial charge on any atom is 0.0739 e. The van der Waals surface area contributed by atoms with Crippen LogP contribution in [-0.4, -0.2) is 26.1 Å². The third-order valence-electron chi connectivity index (χ3n) is 2.37. The minimum absolute atomic E-state index is 1.04. The molecule has 0 spiro atoms. The third-order valence-corrected chi connectivity index (χ3v) is 4.87. The van der Waals surface area contributed by atoms with E-state index in [0.29, 0.717) is 0 Å². The normalized spacial score (nSPS) is 13.3. The highest BCUT2D eigenvalue weighted by atomic mass is 28.3. The van der Waals surface area contributed by atoms with Crippen molar-refractivity contribution in [1.82, 2.24) is 4.90 Å². The Morgan fingerprint density at radius 1 is 1.17 bits per heavy atom. The molecule has 72 valence electrons. The Hall–Kier alpha value is -0.243. The molecule has 0 aliphatic rings. The van der Waals surface area contributed by atoms with Crippen molar-refractivity contribution in [3.8, 4) is 0 Å². The average molecular weight is 185 g/mol. The van der Waals surface area contributed by atoms with Crippen molar-refractivity contribution in [3.05, 3.63) is 11.4 Å². The van der Waals surface area contributed by atoms with Crippen LogP contribution in [0.4, 0.5) is 0 Å². The van der Waals surface area contributed by atoms with Crippen molar-refractivity contribution >= 4 is 8.07 Å². The van der Waals surface area contributed by atoms with Crippen LogP contribution < -0.4 is 0 Å². The van der Waals surface area contributed by atoms with Gasteiger partial charge in [-0.1, -0.05) is 24.8 Å². The third kappa shape index (κ3) is 3.95. The Balaban J connectivity index is 4.33. The second-order valence-corrected chi connectivity index (χ2v) is 9.57. The molecule has 1 nitrogen and oxygen atoms in total. The first-order valence-electron chi connectivity index (χ1n) is 4.84. The Morgan fingerprint density at radius 2 is 1.58 bits per heavy atom. The molecule has 0 saturated carbocycles. The molecule has 0 aliphatic heterocycles. The second kappa shape index (κ2) is 4.70. The van der Waals surface area contributed by atoms with Crippen molar-refractivity contribution in [2.45, 2.75) is 40.4 Å². The Labute approximate surface area is 78.5 Å². The molecular formula is C10H23NSi. The molecule has 0 fully saturated rings. The molecule has 0 bridgehead atoms. The zero-order chi connectivity index (χ0) is 9.78. The largest absolute Gasteiger partial charge is 0.378 e. The topological polar surface area (TPSA) is 3.24 Å². The fraction of sp³-hybridized carbons (Fsp3) is 0.800. The van der Waals surface area contributed by atoms with Gasteiger partial charge in [0.15, 0.2) is 0 Å². The summed E-state index contributed by atoms with van der Waals surface area (Å²) in [5.41, 5.74) is 0. The standard InChI is InChI=1S/C10H23NSi/c1-7-11(8-2)9-10(3)12(4,5)6/h9H,7-8H2,1-6H3. The van der Waals surface area contributed by atoms with Gasteiger partial charge < -0.3 is 4.90 Å². The van der Waals surface area contributed by atoms with Crippen molar-refractivity contribution in [2.75, 3.05) is 13.1 Å². The van der Waals surface area contributed by atoms with Crippen LogP contribution in [0.3, 0.4) is 0 Å². The molecule has 0 radical (unpaired) electrons. The van der Waals surface area contributed by atoms with E-state index in [9.17, 15) is 0 Å². The van der Waals surface area contributed by atoms with Gasteiger partial charge in [0.2, 0.25) is 0 Å². The molecule has 12 heavy (non-hydrogen) atoms. The molecule has 0 heterocycles. The number of hydrogen-bond donors (Lipinski definition) is 0. The van der Waals surface area contributed by atoms with Crippen LogP contribution in [0.1, 0.15) is 20.8 Å². The van der Waals surface area contributed by atoms with E-state index in [0.717, 1.165) is 13.1 Å². The fourth-order valence-corrected chi connectivity index (χ4v) is 1.44. The van der Waals surface area contributed by atoms with Crippen LogP contribution in [0.2, 0.25) is 19.6 Å². The van der Waals surface area contributed by atoms with Crippen LogP contribution >= 0.6 is 0 Å². The first kappa shape index (κ1) is 11.8. The lowest BCUT2D eigenvalue weighted by Crippen LogP contribution is -2.26. The quantitative estimate of drug-likeness (QED) is 0.608. The molecule has 0 rings (SSSR count). The summed E-state index contributed by atoms with van der Waals surface area (Å²) < 4.78 is 0. The van der Waals surface area contributed by atoms with Crippen LogP contribution in [0, 0.1) is 0 Å². The predicted molar refractivity (Wildman–Crippen MR) is 60.0 cm³/mol. The monoisotopic (exact) mass is 185 g/mol. The molecule has 0 atom stereocenters. The van der Waals surface area contributed by atoms with Gasteiger partial charge in [-0.05, 0) is 27.0 Å². The van der Waals surface area contributed by atoms with Crippen molar-refractivity contribution < 1.29 is 0 Å². The Kier molecular flexibility index (Phi) is 4.61. The van der Waals surface area contributed by atoms with E-state index in [4.69, 9.17) is 0 Å². The molecule has 0 saturated heterocycles. The van der Waals surface area contributed by atoms with Crippen LogP contribution in [-0.2, 0) is 0 Å². The highest BCUT2D eigenvalue weighted by Crippen LogP contribution is 2.13. The minimum Gasteiger partial charge on any atom is -0.378 e. The highest BCUT2D eigenvalue weighted by molar-refractivity contribution is 6.82. The highest BCUT2D eigenvalue weighted by Gasteiger charge is 2.15. The Bertz CT molecular complexity index is 152. The smallest absolute Gasteiger partial charge is 0.0739 e. The van der Waals surface area contributed by atoms with Crippen LogP contribution in [0.25, 0.3) is 0 Å². The average Bonchev–Trinajstić information content (AvgIpc) is 1.97. The van der Waals surface area contributed by atoms with Crippen molar-refractivity contribution in [2.24, 2.45) is 0 Å². The van der Waals surface area contributed by atoms with Gasteiger partial charge in [0, 0.05) is 13.1 Å². The lowest BCUT2D eigenvalue weighted by Gasteiger charge is -2.22. The SMILES string of the molecule is CCN(C=C(C)[Si](C)(C)C)CC. The Morgan fingerprint density at radius 3 is 1.83 bits per heavy atom. The van der Waals surface area contributed by atoms with Gasteiger partial charge >= 0.3 is 0 Å². The number of nitrogens with zero attached hydrogens (tertiary/aromatic N) is 1. The lowest BCUT2D eigenvalue weighted by molar-refractivity contribution is 0.417. The summed E-state index contributed by atoms with van der Waals surface area (Å²) >= 11 is 0. The van der Waals surface area contributed by atoms with Crippen LogP contribution in [0.15, 0.2) is 11.4 Å². The molecule has 0 aromatic rings. The van der Waals surface area contributed by atoms with E-state index >= 15 is 0 Å². The summed E-state index contributed by atoms with van der Waals surface area (Å²) in [6, 6.07) is 0. The minimum atomic E-state index is -1.04. The van der Waals surface area contributed by atoms with Crippen LogP contribution in [0.5, 0.6) is 0 Å². The molecule has 0 aliphatic carbocycles.